The molecule has 188 valence electrons. The topological polar surface area (TPSA) is 123 Å². The summed E-state index contributed by atoms with van der Waals surface area (Å²) in [5.74, 6) is -2.39. The number of nitrogens with zero attached hydrogens (tertiary/aromatic N) is 1. The fraction of sp³-hybridized carbons (Fsp3) is 0.423. The molecule has 2 unspecified atom stereocenters. The largest absolute Gasteiger partial charge is 0.369 e. The number of rotatable bonds is 11. The van der Waals surface area contributed by atoms with Crippen molar-refractivity contribution in [1.82, 2.24) is 10.6 Å². The van der Waals surface area contributed by atoms with Crippen LogP contribution in [0.3, 0.4) is 0 Å². The molecule has 9 nitrogen and oxygen atoms in total. The van der Waals surface area contributed by atoms with Crippen molar-refractivity contribution >= 4 is 23.5 Å². The first kappa shape index (κ1) is 26.2. The van der Waals surface area contributed by atoms with E-state index in [4.69, 9.17) is 15.2 Å². The molecule has 1 aliphatic heterocycles. The molecule has 0 aromatic heterocycles. The van der Waals surface area contributed by atoms with Gasteiger partial charge in [0.1, 0.15) is 0 Å². The quantitative estimate of drug-likeness (QED) is 0.425. The van der Waals surface area contributed by atoms with Crippen LogP contribution in [0.4, 0.5) is 10.5 Å². The maximum absolute atomic E-state index is 14.3. The lowest BCUT2D eigenvalue weighted by atomic mass is 9.74. The summed E-state index contributed by atoms with van der Waals surface area (Å²) in [7, 11) is 0. The molecule has 0 saturated heterocycles. The van der Waals surface area contributed by atoms with Crippen LogP contribution in [0.25, 0.3) is 0 Å². The first-order valence-electron chi connectivity index (χ1n) is 11.9. The summed E-state index contributed by atoms with van der Waals surface area (Å²) in [6.07, 6.45) is -0.686. The van der Waals surface area contributed by atoms with E-state index in [1.807, 2.05) is 32.9 Å². The number of urea groups is 1. The zero-order chi connectivity index (χ0) is 25.6. The van der Waals surface area contributed by atoms with Crippen LogP contribution in [0.2, 0.25) is 0 Å². The van der Waals surface area contributed by atoms with Gasteiger partial charge in [-0.05, 0) is 39.3 Å². The van der Waals surface area contributed by atoms with Crippen molar-refractivity contribution in [2.75, 3.05) is 31.2 Å². The Morgan fingerprint density at radius 3 is 2.23 bits per heavy atom. The van der Waals surface area contributed by atoms with Crippen LogP contribution in [-0.4, -0.2) is 50.4 Å². The highest BCUT2D eigenvalue weighted by atomic mass is 16.7. The number of nitrogens with one attached hydrogen (secondary N) is 2. The van der Waals surface area contributed by atoms with Gasteiger partial charge < -0.3 is 30.7 Å². The molecule has 4 N–H and O–H groups in total. The molecule has 0 radical (unpaired) electrons. The molecule has 4 amide bonds. The van der Waals surface area contributed by atoms with Crippen molar-refractivity contribution in [2.45, 2.75) is 45.4 Å². The number of aryl methyl sites for hydroxylation is 1. The van der Waals surface area contributed by atoms with Gasteiger partial charge >= 0.3 is 6.03 Å². The zero-order valence-electron chi connectivity index (χ0n) is 20.7. The average molecular weight is 483 g/mol. The number of anilines is 1. The minimum atomic E-state index is -1.76. The number of nitrogens with two attached hydrogens (primary N) is 1. The van der Waals surface area contributed by atoms with E-state index in [9.17, 15) is 14.4 Å². The summed E-state index contributed by atoms with van der Waals surface area (Å²) in [5.41, 5.74) is 6.73. The predicted octanol–water partition coefficient (Wildman–Crippen LogP) is 2.52. The third-order valence-electron chi connectivity index (χ3n) is 6.02. The number of fused-ring (bicyclic) bond motifs is 1. The highest BCUT2D eigenvalue weighted by molar-refractivity contribution is 6.13. The Morgan fingerprint density at radius 1 is 1.03 bits per heavy atom. The number of amides is 4. The van der Waals surface area contributed by atoms with Crippen LogP contribution in [0.5, 0.6) is 0 Å². The van der Waals surface area contributed by atoms with Gasteiger partial charge in [0, 0.05) is 25.3 Å². The molecule has 0 spiro atoms. The number of hydrogen-bond donors (Lipinski definition) is 3. The minimum absolute atomic E-state index is 0.0791. The van der Waals surface area contributed by atoms with Gasteiger partial charge in [0.15, 0.2) is 11.8 Å². The number of benzene rings is 2. The molecule has 0 saturated carbocycles. The first-order chi connectivity index (χ1) is 16.8. The summed E-state index contributed by atoms with van der Waals surface area (Å²) in [6, 6.07) is 13.7. The Kier molecular flexibility index (Phi) is 8.48. The second-order valence-electron chi connectivity index (χ2n) is 8.31. The number of carbonyl (C=O) groups excluding carboxylic acids is 3. The van der Waals surface area contributed by atoms with E-state index in [2.05, 4.69) is 10.6 Å². The van der Waals surface area contributed by atoms with E-state index < -0.39 is 35.6 Å². The minimum Gasteiger partial charge on any atom is -0.369 e. The average Bonchev–Trinajstić information content (AvgIpc) is 3.04. The third kappa shape index (κ3) is 5.16. The number of hydrogen-bond acceptors (Lipinski definition) is 5. The van der Waals surface area contributed by atoms with Crippen LogP contribution >= 0.6 is 0 Å². The Morgan fingerprint density at radius 2 is 1.66 bits per heavy atom. The van der Waals surface area contributed by atoms with Crippen molar-refractivity contribution in [1.29, 1.82) is 0 Å². The Bertz CT molecular complexity index is 1050. The molecule has 9 heteroatoms. The summed E-state index contributed by atoms with van der Waals surface area (Å²) < 4.78 is 11.4. The molecule has 3 rings (SSSR count). The van der Waals surface area contributed by atoms with Gasteiger partial charge in [0.25, 0.3) is 5.91 Å². The summed E-state index contributed by atoms with van der Waals surface area (Å²) >= 11 is 0. The molecular weight excluding hydrogens is 448 g/mol. The van der Waals surface area contributed by atoms with Crippen LogP contribution in [0, 0.1) is 6.92 Å². The maximum atomic E-state index is 14.3. The van der Waals surface area contributed by atoms with Gasteiger partial charge in [-0.2, -0.15) is 0 Å². The molecule has 0 fully saturated rings. The fourth-order valence-electron chi connectivity index (χ4n) is 4.58. The molecular formula is C26H34N4O5. The molecule has 0 bridgehead atoms. The first-order valence-corrected chi connectivity index (χ1v) is 11.9. The van der Waals surface area contributed by atoms with E-state index in [1.54, 1.807) is 43.3 Å². The Balaban J connectivity index is 2.22. The number of carbonyl (C=O) groups is 3. The molecule has 2 aromatic rings. The zero-order valence-corrected chi connectivity index (χ0v) is 20.7. The molecule has 2 aromatic carbocycles. The van der Waals surface area contributed by atoms with Crippen molar-refractivity contribution in [2.24, 2.45) is 5.73 Å². The van der Waals surface area contributed by atoms with E-state index in [1.165, 1.54) is 4.90 Å². The number of primary amides is 1. The standard InChI is InChI=1S/C26H34N4O5/c1-5-28-25(33)29-26(22(23(27)31)18-14-12-17(4)13-15-18)19-10-8-9-11-20(19)30(24(26)32)16-21(34-6-2)35-7-3/h8-15,21-22H,5-7,16H2,1-4H3,(H2,27,31)(H2,28,29,33). The normalized spacial score (nSPS) is 17.9. The molecule has 1 aliphatic rings. The SMILES string of the molecule is CCNC(=O)NC1(C(C(N)=O)c2ccc(C)cc2)C(=O)N(CC(OCC)OCC)c2ccccc21. The molecule has 0 aliphatic carbocycles. The Labute approximate surface area is 206 Å². The van der Waals surface area contributed by atoms with E-state index in [0.717, 1.165) is 5.56 Å². The van der Waals surface area contributed by atoms with Crippen molar-refractivity contribution < 1.29 is 23.9 Å². The number of ether oxygens (including phenoxy) is 2. The van der Waals surface area contributed by atoms with Crippen molar-refractivity contribution in [3.05, 3.63) is 65.2 Å². The second kappa shape index (κ2) is 11.3. The maximum Gasteiger partial charge on any atom is 0.315 e. The smallest absolute Gasteiger partial charge is 0.315 e. The number of para-hydroxylation sites is 1. The van der Waals surface area contributed by atoms with Crippen LogP contribution in [0.15, 0.2) is 48.5 Å². The highest BCUT2D eigenvalue weighted by Crippen LogP contribution is 2.48. The fourth-order valence-corrected chi connectivity index (χ4v) is 4.58. The van der Waals surface area contributed by atoms with E-state index in [-0.39, 0.29) is 6.54 Å². The van der Waals surface area contributed by atoms with Gasteiger partial charge in [0.2, 0.25) is 5.91 Å². The van der Waals surface area contributed by atoms with Gasteiger partial charge in [-0.15, -0.1) is 0 Å². The lowest BCUT2D eigenvalue weighted by molar-refractivity contribution is -0.139. The highest BCUT2D eigenvalue weighted by Gasteiger charge is 2.59. The van der Waals surface area contributed by atoms with Gasteiger partial charge in [0.05, 0.1) is 18.2 Å². The van der Waals surface area contributed by atoms with Crippen LogP contribution in [0.1, 0.15) is 43.4 Å². The predicted molar refractivity (Wildman–Crippen MR) is 133 cm³/mol. The molecule has 2 atom stereocenters. The van der Waals surface area contributed by atoms with Gasteiger partial charge in [-0.3, -0.25) is 9.59 Å². The molecule has 35 heavy (non-hydrogen) atoms. The third-order valence-corrected chi connectivity index (χ3v) is 6.02. The van der Waals surface area contributed by atoms with Crippen molar-refractivity contribution in [3.63, 3.8) is 0 Å². The molecule has 1 heterocycles. The van der Waals surface area contributed by atoms with Gasteiger partial charge in [-0.1, -0.05) is 48.0 Å². The second-order valence-corrected chi connectivity index (χ2v) is 8.31. The van der Waals surface area contributed by atoms with E-state index >= 15 is 0 Å². The van der Waals surface area contributed by atoms with Gasteiger partial charge in [-0.25, -0.2) is 4.79 Å². The Hall–Kier alpha value is -3.43. The van der Waals surface area contributed by atoms with Crippen LogP contribution in [-0.2, 0) is 24.6 Å². The monoisotopic (exact) mass is 482 g/mol. The van der Waals surface area contributed by atoms with Crippen molar-refractivity contribution in [3.8, 4) is 0 Å². The lowest BCUT2D eigenvalue weighted by Gasteiger charge is -2.36. The summed E-state index contributed by atoms with van der Waals surface area (Å²) in [5, 5.41) is 5.51. The lowest BCUT2D eigenvalue weighted by Crippen LogP contribution is -2.61. The summed E-state index contributed by atoms with van der Waals surface area (Å²) in [6.45, 7) is 8.57. The van der Waals surface area contributed by atoms with E-state index in [0.29, 0.717) is 36.6 Å². The summed E-state index contributed by atoms with van der Waals surface area (Å²) in [4.78, 5) is 41.8. The van der Waals surface area contributed by atoms with Crippen LogP contribution < -0.4 is 21.3 Å².